The summed E-state index contributed by atoms with van der Waals surface area (Å²) in [6.45, 7) is 2.86. The molecule has 0 aliphatic rings. The molecule has 0 saturated heterocycles. The molecule has 0 aliphatic heterocycles. The van der Waals surface area contributed by atoms with Crippen LogP contribution in [0.4, 0.5) is 4.39 Å². The van der Waals surface area contributed by atoms with E-state index in [0.29, 0.717) is 15.9 Å². The first kappa shape index (κ1) is 16.9. The van der Waals surface area contributed by atoms with Crippen LogP contribution in [-0.2, 0) is 6.42 Å². The van der Waals surface area contributed by atoms with E-state index in [1.54, 1.807) is 6.07 Å². The van der Waals surface area contributed by atoms with Crippen molar-refractivity contribution in [2.24, 2.45) is 0 Å². The van der Waals surface area contributed by atoms with Crippen molar-refractivity contribution in [1.29, 1.82) is 0 Å². The molecule has 0 saturated carbocycles. The average molecular weight is 436 g/mol. The van der Waals surface area contributed by atoms with Crippen molar-refractivity contribution in [3.05, 3.63) is 67.3 Å². The minimum absolute atomic E-state index is 0.0566. The van der Waals surface area contributed by atoms with Crippen molar-refractivity contribution in [1.82, 2.24) is 5.32 Å². The smallest absolute Gasteiger partial charge is 0.137 e. The molecule has 2 aromatic carbocycles. The van der Waals surface area contributed by atoms with Crippen LogP contribution < -0.4 is 5.32 Å². The van der Waals surface area contributed by atoms with Crippen LogP contribution in [-0.4, -0.2) is 6.54 Å². The van der Waals surface area contributed by atoms with E-state index >= 15 is 0 Å². The van der Waals surface area contributed by atoms with Gasteiger partial charge in [-0.2, -0.15) is 0 Å². The molecule has 1 atom stereocenters. The number of hydrogen-bond donors (Lipinski definition) is 1. The number of hydrogen-bond acceptors (Lipinski definition) is 1. The molecule has 0 fully saturated rings. The number of halogens is 4. The zero-order valence-corrected chi connectivity index (χ0v) is 15.4. The summed E-state index contributed by atoms with van der Waals surface area (Å²) in [6, 6.07) is 10.9. The molecule has 0 amide bonds. The van der Waals surface area contributed by atoms with E-state index in [4.69, 9.17) is 11.6 Å². The fourth-order valence-corrected chi connectivity index (χ4v) is 3.38. The van der Waals surface area contributed by atoms with Crippen LogP contribution in [0.2, 0.25) is 5.02 Å². The topological polar surface area (TPSA) is 12.0 Å². The second kappa shape index (κ2) is 7.73. The standard InChI is InChI=1S/C16H15Br2ClFN/c1-2-21-15(12-9-11(19)6-7-13(12)17)8-10-4-3-5-14(20)16(10)18/h3-7,9,15,21H,2,8H2,1H3. The van der Waals surface area contributed by atoms with Gasteiger partial charge in [-0.1, -0.05) is 46.6 Å². The Kier molecular flexibility index (Phi) is 6.23. The van der Waals surface area contributed by atoms with Gasteiger partial charge in [0.1, 0.15) is 5.82 Å². The maximum Gasteiger partial charge on any atom is 0.137 e. The van der Waals surface area contributed by atoms with E-state index in [2.05, 4.69) is 37.2 Å². The van der Waals surface area contributed by atoms with Gasteiger partial charge in [-0.3, -0.25) is 0 Å². The van der Waals surface area contributed by atoms with Crippen LogP contribution in [0.5, 0.6) is 0 Å². The van der Waals surface area contributed by atoms with Crippen molar-refractivity contribution in [2.45, 2.75) is 19.4 Å². The lowest BCUT2D eigenvalue weighted by Crippen LogP contribution is -2.23. The van der Waals surface area contributed by atoms with Crippen molar-refractivity contribution in [2.75, 3.05) is 6.54 Å². The van der Waals surface area contributed by atoms with Gasteiger partial charge in [0.05, 0.1) is 4.47 Å². The fraction of sp³-hybridized carbons (Fsp3) is 0.250. The van der Waals surface area contributed by atoms with Crippen molar-refractivity contribution < 1.29 is 4.39 Å². The monoisotopic (exact) mass is 433 g/mol. The Morgan fingerprint density at radius 1 is 1.24 bits per heavy atom. The minimum atomic E-state index is -0.243. The highest BCUT2D eigenvalue weighted by atomic mass is 79.9. The summed E-state index contributed by atoms with van der Waals surface area (Å²) in [5.74, 6) is -0.243. The zero-order valence-electron chi connectivity index (χ0n) is 11.5. The molecule has 0 radical (unpaired) electrons. The van der Waals surface area contributed by atoms with Gasteiger partial charge >= 0.3 is 0 Å². The summed E-state index contributed by atoms with van der Waals surface area (Å²) in [4.78, 5) is 0. The molecule has 2 aromatic rings. The first-order valence-corrected chi connectivity index (χ1v) is 8.60. The summed E-state index contributed by atoms with van der Waals surface area (Å²) in [5.41, 5.74) is 1.99. The quantitative estimate of drug-likeness (QED) is 0.617. The van der Waals surface area contributed by atoms with Gasteiger partial charge in [-0.25, -0.2) is 4.39 Å². The molecular weight excluding hydrogens is 420 g/mol. The lowest BCUT2D eigenvalue weighted by Gasteiger charge is -2.21. The Balaban J connectivity index is 2.35. The molecule has 0 aliphatic carbocycles. The van der Waals surface area contributed by atoms with Crippen LogP contribution in [0.15, 0.2) is 45.3 Å². The van der Waals surface area contributed by atoms with E-state index in [0.717, 1.165) is 22.1 Å². The SMILES string of the molecule is CCNC(Cc1cccc(F)c1Br)c1cc(Cl)ccc1Br. The Bertz CT molecular complexity index is 634. The van der Waals surface area contributed by atoms with E-state index in [1.165, 1.54) is 6.07 Å². The van der Waals surface area contributed by atoms with Crippen LogP contribution in [0.1, 0.15) is 24.1 Å². The lowest BCUT2D eigenvalue weighted by molar-refractivity contribution is 0.543. The Morgan fingerprint density at radius 3 is 2.71 bits per heavy atom. The van der Waals surface area contributed by atoms with Crippen molar-refractivity contribution in [3.63, 3.8) is 0 Å². The maximum atomic E-state index is 13.7. The average Bonchev–Trinajstić information content (AvgIpc) is 2.46. The van der Waals surface area contributed by atoms with Gasteiger partial charge in [-0.15, -0.1) is 0 Å². The number of likely N-dealkylation sites (N-methyl/N-ethyl adjacent to an activating group) is 1. The third-order valence-corrected chi connectivity index (χ3v) is 5.08. The first-order valence-electron chi connectivity index (χ1n) is 6.64. The Labute approximate surface area is 146 Å². The second-order valence-electron chi connectivity index (χ2n) is 4.69. The minimum Gasteiger partial charge on any atom is -0.310 e. The van der Waals surface area contributed by atoms with Crippen LogP contribution in [0.3, 0.4) is 0 Å². The maximum absolute atomic E-state index is 13.7. The normalized spacial score (nSPS) is 12.4. The van der Waals surface area contributed by atoms with Crippen molar-refractivity contribution in [3.8, 4) is 0 Å². The van der Waals surface area contributed by atoms with Gasteiger partial charge in [-0.05, 0) is 64.3 Å². The molecule has 0 heterocycles. The van der Waals surface area contributed by atoms with Gasteiger partial charge < -0.3 is 5.32 Å². The van der Waals surface area contributed by atoms with Crippen molar-refractivity contribution >= 4 is 43.5 Å². The number of benzene rings is 2. The number of rotatable bonds is 5. The highest BCUT2D eigenvalue weighted by Gasteiger charge is 2.17. The molecule has 21 heavy (non-hydrogen) atoms. The van der Waals surface area contributed by atoms with E-state index in [1.807, 2.05) is 31.2 Å². The molecule has 112 valence electrons. The number of nitrogens with one attached hydrogen (secondary N) is 1. The predicted molar refractivity (Wildman–Crippen MR) is 93.4 cm³/mol. The van der Waals surface area contributed by atoms with Crippen LogP contribution in [0.25, 0.3) is 0 Å². The molecule has 2 rings (SSSR count). The molecule has 0 spiro atoms. The Morgan fingerprint density at radius 2 is 2.00 bits per heavy atom. The van der Waals surface area contributed by atoms with E-state index in [9.17, 15) is 4.39 Å². The van der Waals surface area contributed by atoms with Crippen LogP contribution in [0, 0.1) is 5.82 Å². The summed E-state index contributed by atoms with van der Waals surface area (Å²) in [6.07, 6.45) is 0.672. The molecule has 1 unspecified atom stereocenters. The van der Waals surface area contributed by atoms with E-state index in [-0.39, 0.29) is 11.9 Å². The highest BCUT2D eigenvalue weighted by molar-refractivity contribution is 9.10. The zero-order chi connectivity index (χ0) is 15.4. The predicted octanol–water partition coefficient (Wildman–Crippen LogP) is 5.90. The third kappa shape index (κ3) is 4.28. The molecule has 1 N–H and O–H groups in total. The molecule has 0 aromatic heterocycles. The molecule has 0 bridgehead atoms. The summed E-state index contributed by atoms with van der Waals surface area (Å²) in [5, 5.41) is 4.12. The van der Waals surface area contributed by atoms with Gasteiger partial charge in [0.15, 0.2) is 0 Å². The highest BCUT2D eigenvalue weighted by Crippen LogP contribution is 2.31. The molecular formula is C16H15Br2ClFN. The Hall–Kier alpha value is -0.420. The summed E-state index contributed by atoms with van der Waals surface area (Å²) < 4.78 is 15.2. The second-order valence-corrected chi connectivity index (χ2v) is 6.78. The van der Waals surface area contributed by atoms with Gasteiger partial charge in [0.2, 0.25) is 0 Å². The molecule has 5 heteroatoms. The molecule has 1 nitrogen and oxygen atoms in total. The summed E-state index contributed by atoms with van der Waals surface area (Å²) >= 11 is 13.0. The third-order valence-electron chi connectivity index (χ3n) is 3.24. The fourth-order valence-electron chi connectivity index (χ4n) is 2.25. The van der Waals surface area contributed by atoms with E-state index < -0.39 is 0 Å². The van der Waals surface area contributed by atoms with Gasteiger partial charge in [0, 0.05) is 15.5 Å². The summed E-state index contributed by atoms with van der Waals surface area (Å²) in [7, 11) is 0. The largest absolute Gasteiger partial charge is 0.310 e. The van der Waals surface area contributed by atoms with Crippen LogP contribution >= 0.6 is 43.5 Å². The van der Waals surface area contributed by atoms with Gasteiger partial charge in [0.25, 0.3) is 0 Å². The lowest BCUT2D eigenvalue weighted by atomic mass is 9.98. The first-order chi connectivity index (χ1) is 10.0.